The zero-order chi connectivity index (χ0) is 17.1. The van der Waals surface area contributed by atoms with Crippen molar-refractivity contribution in [3.8, 4) is 0 Å². The summed E-state index contributed by atoms with van der Waals surface area (Å²) in [7, 11) is 0. The Morgan fingerprint density at radius 3 is 2.54 bits per heavy atom. The van der Waals surface area contributed by atoms with Gasteiger partial charge in [0.05, 0.1) is 0 Å². The summed E-state index contributed by atoms with van der Waals surface area (Å²) in [5, 5.41) is 3.08. The molecule has 1 aromatic rings. The van der Waals surface area contributed by atoms with Gasteiger partial charge < -0.3 is 5.32 Å². The number of ketones is 1. The van der Waals surface area contributed by atoms with Gasteiger partial charge in [-0.3, -0.25) is 9.59 Å². The smallest absolute Gasteiger partial charge is 0.223 e. The minimum Gasteiger partial charge on any atom is -0.355 e. The average molecular weight is 346 g/mol. The first kappa shape index (κ1) is 17.5. The highest BCUT2D eigenvalue weighted by Gasteiger charge is 2.41. The van der Waals surface area contributed by atoms with Crippen LogP contribution < -0.4 is 5.32 Å². The van der Waals surface area contributed by atoms with Crippen LogP contribution in [-0.2, 0) is 9.59 Å². The van der Waals surface area contributed by atoms with E-state index in [0.717, 1.165) is 37.9 Å². The molecule has 2 fully saturated rings. The molecule has 3 atom stereocenters. The molecular formula is C20H27NO2S. The fourth-order valence-corrected chi connectivity index (χ4v) is 4.85. The van der Waals surface area contributed by atoms with Crippen LogP contribution in [-0.4, -0.2) is 24.0 Å². The van der Waals surface area contributed by atoms with Gasteiger partial charge in [0.1, 0.15) is 5.78 Å². The van der Waals surface area contributed by atoms with Crippen LogP contribution in [0.4, 0.5) is 0 Å². The molecule has 0 spiro atoms. The Balaban J connectivity index is 1.43. The fourth-order valence-electron chi connectivity index (χ4n) is 3.98. The molecule has 0 radical (unpaired) electrons. The molecule has 1 unspecified atom stereocenters. The van der Waals surface area contributed by atoms with Crippen molar-refractivity contribution < 1.29 is 9.59 Å². The molecule has 0 aromatic heterocycles. The molecule has 2 aliphatic rings. The third-order valence-corrected chi connectivity index (χ3v) is 6.56. The molecule has 130 valence electrons. The number of thioether (sulfide) groups is 1. The van der Waals surface area contributed by atoms with Crippen molar-refractivity contribution in [2.75, 3.05) is 12.3 Å². The Hall–Kier alpha value is -1.29. The lowest BCUT2D eigenvalue weighted by atomic mass is 9.67. The van der Waals surface area contributed by atoms with Crippen LogP contribution in [0.3, 0.4) is 0 Å². The molecule has 4 heteroatoms. The van der Waals surface area contributed by atoms with Crippen LogP contribution in [0.2, 0.25) is 0 Å². The lowest BCUT2D eigenvalue weighted by molar-refractivity contribution is -0.137. The van der Waals surface area contributed by atoms with E-state index in [-0.39, 0.29) is 23.7 Å². The number of benzene rings is 1. The van der Waals surface area contributed by atoms with Crippen LogP contribution in [0, 0.1) is 31.6 Å². The molecule has 1 N–H and O–H groups in total. The molecule has 2 aliphatic carbocycles. The van der Waals surface area contributed by atoms with Gasteiger partial charge in [-0.15, -0.1) is 11.8 Å². The summed E-state index contributed by atoms with van der Waals surface area (Å²) in [4.78, 5) is 25.8. The molecule has 2 saturated carbocycles. The number of carbonyl (C=O) groups excluding carboxylic acids is 2. The minimum atomic E-state index is 0.0459. The first-order valence-corrected chi connectivity index (χ1v) is 10.0. The topological polar surface area (TPSA) is 46.2 Å². The highest BCUT2D eigenvalue weighted by atomic mass is 32.2. The monoisotopic (exact) mass is 345 g/mol. The molecular weight excluding hydrogens is 318 g/mol. The molecule has 0 saturated heterocycles. The summed E-state index contributed by atoms with van der Waals surface area (Å²) in [5.41, 5.74) is 2.62. The molecule has 0 aliphatic heterocycles. The maximum absolute atomic E-state index is 12.4. The number of aryl methyl sites for hydroxylation is 2. The van der Waals surface area contributed by atoms with Crippen LogP contribution in [0.1, 0.15) is 43.2 Å². The number of hydrogen-bond donors (Lipinski definition) is 1. The molecule has 2 bridgehead atoms. The molecule has 3 nitrogen and oxygen atoms in total. The molecule has 0 heterocycles. The van der Waals surface area contributed by atoms with E-state index in [4.69, 9.17) is 0 Å². The van der Waals surface area contributed by atoms with E-state index < -0.39 is 0 Å². The molecule has 1 amide bonds. The van der Waals surface area contributed by atoms with E-state index >= 15 is 0 Å². The Kier molecular flexibility index (Phi) is 5.65. The fraction of sp³-hybridized carbons (Fsp3) is 0.600. The van der Waals surface area contributed by atoms with E-state index in [1.54, 1.807) is 11.8 Å². The van der Waals surface area contributed by atoms with Crippen molar-refractivity contribution in [3.63, 3.8) is 0 Å². The predicted molar refractivity (Wildman–Crippen MR) is 98.2 cm³/mol. The third kappa shape index (κ3) is 4.02. The van der Waals surface area contributed by atoms with Crippen molar-refractivity contribution in [2.45, 2.75) is 50.8 Å². The third-order valence-electron chi connectivity index (χ3n) is 5.57. The van der Waals surface area contributed by atoms with E-state index in [1.807, 2.05) is 0 Å². The van der Waals surface area contributed by atoms with Crippen molar-refractivity contribution >= 4 is 23.5 Å². The standard InChI is InChI=1S/C20H27NO2S/c1-13-6-7-18(10-14(13)2)24-9-8-21-20(23)17-11-15-4-3-5-16(12-17)19(15)22/h6-7,10,15-17H,3-5,8-9,11-12H2,1-2H3,(H,21,23)/t15-,16+,17?. The molecule has 24 heavy (non-hydrogen) atoms. The summed E-state index contributed by atoms with van der Waals surface area (Å²) in [6, 6.07) is 6.49. The van der Waals surface area contributed by atoms with Crippen molar-refractivity contribution in [2.24, 2.45) is 17.8 Å². The van der Waals surface area contributed by atoms with Crippen molar-refractivity contribution in [1.29, 1.82) is 0 Å². The second-order valence-electron chi connectivity index (χ2n) is 7.28. The number of fused-ring (bicyclic) bond motifs is 2. The van der Waals surface area contributed by atoms with E-state index in [1.165, 1.54) is 16.0 Å². The van der Waals surface area contributed by atoms with Gasteiger partial charge in [0.25, 0.3) is 0 Å². The quantitative estimate of drug-likeness (QED) is 0.650. The van der Waals surface area contributed by atoms with Gasteiger partial charge >= 0.3 is 0 Å². The van der Waals surface area contributed by atoms with E-state index in [9.17, 15) is 9.59 Å². The van der Waals surface area contributed by atoms with Gasteiger partial charge in [0.2, 0.25) is 5.91 Å². The van der Waals surface area contributed by atoms with Gasteiger partial charge in [-0.1, -0.05) is 12.5 Å². The Morgan fingerprint density at radius 1 is 1.17 bits per heavy atom. The van der Waals surface area contributed by atoms with Crippen LogP contribution >= 0.6 is 11.8 Å². The average Bonchev–Trinajstić information content (AvgIpc) is 2.54. The largest absolute Gasteiger partial charge is 0.355 e. The summed E-state index contributed by atoms with van der Waals surface area (Å²) in [6.45, 7) is 4.94. The lowest BCUT2D eigenvalue weighted by Crippen LogP contribution is -2.43. The lowest BCUT2D eigenvalue weighted by Gasteiger charge is -2.36. The van der Waals surface area contributed by atoms with Crippen LogP contribution in [0.5, 0.6) is 0 Å². The highest BCUT2D eigenvalue weighted by molar-refractivity contribution is 7.99. The summed E-state index contributed by atoms with van der Waals surface area (Å²) in [5.74, 6) is 1.81. The SMILES string of the molecule is Cc1ccc(SCCNC(=O)C2C[C@H]3CCC[C@@H](C2)C3=O)cc1C. The van der Waals surface area contributed by atoms with Crippen molar-refractivity contribution in [3.05, 3.63) is 29.3 Å². The Labute approximate surface area is 149 Å². The van der Waals surface area contributed by atoms with E-state index in [2.05, 4.69) is 37.4 Å². The van der Waals surface area contributed by atoms with Gasteiger partial charge in [0, 0.05) is 34.9 Å². The first-order valence-electron chi connectivity index (χ1n) is 9.06. The summed E-state index contributed by atoms with van der Waals surface area (Å²) < 4.78 is 0. The van der Waals surface area contributed by atoms with Gasteiger partial charge in [-0.2, -0.15) is 0 Å². The normalized spacial score (nSPS) is 26.2. The maximum Gasteiger partial charge on any atom is 0.223 e. The van der Waals surface area contributed by atoms with Gasteiger partial charge in [-0.25, -0.2) is 0 Å². The number of nitrogens with one attached hydrogen (secondary N) is 1. The number of amides is 1. The van der Waals surface area contributed by atoms with E-state index in [0.29, 0.717) is 12.3 Å². The number of Topliss-reactive ketones (excluding diaryl/α,β-unsaturated/α-hetero) is 1. The second kappa shape index (κ2) is 7.73. The molecule has 1 aromatic carbocycles. The molecule has 3 rings (SSSR count). The van der Waals surface area contributed by atoms with Crippen molar-refractivity contribution in [1.82, 2.24) is 5.32 Å². The second-order valence-corrected chi connectivity index (χ2v) is 8.45. The Morgan fingerprint density at radius 2 is 1.88 bits per heavy atom. The predicted octanol–water partition coefficient (Wildman–Crippen LogP) is 3.91. The highest BCUT2D eigenvalue weighted by Crippen LogP contribution is 2.40. The van der Waals surface area contributed by atoms with Crippen LogP contribution in [0.25, 0.3) is 0 Å². The maximum atomic E-state index is 12.4. The minimum absolute atomic E-state index is 0.0459. The zero-order valence-corrected chi connectivity index (χ0v) is 15.5. The van der Waals surface area contributed by atoms with Gasteiger partial charge in [-0.05, 0) is 62.8 Å². The summed E-state index contributed by atoms with van der Waals surface area (Å²) >= 11 is 1.78. The van der Waals surface area contributed by atoms with Gasteiger partial charge in [0.15, 0.2) is 0 Å². The Bertz CT molecular complexity index is 612. The summed E-state index contributed by atoms with van der Waals surface area (Å²) in [6.07, 6.45) is 4.67. The number of carbonyl (C=O) groups is 2. The zero-order valence-electron chi connectivity index (χ0n) is 14.6. The number of rotatable bonds is 5. The first-order chi connectivity index (χ1) is 11.5. The number of hydrogen-bond acceptors (Lipinski definition) is 3. The van der Waals surface area contributed by atoms with Crippen LogP contribution in [0.15, 0.2) is 23.1 Å².